The molecule has 0 heterocycles. The molecule has 1 aromatic rings. The average molecular weight is 249 g/mol. The summed E-state index contributed by atoms with van der Waals surface area (Å²) in [6.07, 6.45) is 1.01. The molecule has 1 rings (SSSR count). The first-order chi connectivity index (χ1) is 8.56. The van der Waals surface area contributed by atoms with Gasteiger partial charge in [0.1, 0.15) is 6.29 Å². The Bertz CT molecular complexity index is 418. The molecule has 0 fully saturated rings. The lowest BCUT2D eigenvalue weighted by Gasteiger charge is -2.20. The van der Waals surface area contributed by atoms with Crippen molar-refractivity contribution in [3.8, 4) is 0 Å². The van der Waals surface area contributed by atoms with Crippen molar-refractivity contribution < 1.29 is 9.59 Å². The van der Waals surface area contributed by atoms with Crippen molar-refractivity contribution in [2.24, 2.45) is 5.84 Å². The Labute approximate surface area is 107 Å². The van der Waals surface area contributed by atoms with Crippen LogP contribution in [0.3, 0.4) is 0 Å². The summed E-state index contributed by atoms with van der Waals surface area (Å²) in [7, 11) is 3.83. The molecule has 0 saturated carbocycles. The Morgan fingerprint density at radius 1 is 1.28 bits per heavy atom. The van der Waals surface area contributed by atoms with Gasteiger partial charge in [-0.3, -0.25) is 9.80 Å². The summed E-state index contributed by atoms with van der Waals surface area (Å²) in [6, 6.07) is 7.02. The average Bonchev–Trinajstić information content (AvgIpc) is 2.36. The van der Waals surface area contributed by atoms with Crippen molar-refractivity contribution in [1.82, 2.24) is 9.91 Å². The van der Waals surface area contributed by atoms with Crippen LogP contribution in [0.5, 0.6) is 0 Å². The van der Waals surface area contributed by atoms with Gasteiger partial charge >= 0.3 is 0 Å². The van der Waals surface area contributed by atoms with E-state index in [0.29, 0.717) is 24.2 Å². The Hall–Kier alpha value is -1.72. The summed E-state index contributed by atoms with van der Waals surface area (Å²) >= 11 is 0. The van der Waals surface area contributed by atoms with Gasteiger partial charge in [0, 0.05) is 18.5 Å². The highest BCUT2D eigenvalue weighted by molar-refractivity contribution is 5.95. The predicted molar refractivity (Wildman–Crippen MR) is 70.0 cm³/mol. The van der Waals surface area contributed by atoms with Gasteiger partial charge in [-0.2, -0.15) is 0 Å². The highest BCUT2D eigenvalue weighted by atomic mass is 16.2. The normalized spacial score (nSPS) is 10.4. The summed E-state index contributed by atoms with van der Waals surface area (Å²) in [4.78, 5) is 24.6. The largest absolute Gasteiger partial charge is 0.308 e. The number of hydrogen-bond acceptors (Lipinski definition) is 4. The first-order valence-electron chi connectivity index (χ1n) is 5.79. The Balaban J connectivity index is 2.79. The highest BCUT2D eigenvalue weighted by Gasteiger charge is 2.15. The first kappa shape index (κ1) is 14.3. The number of nitrogens with zero attached hydrogens (tertiary/aromatic N) is 2. The molecule has 0 bridgehead atoms. The van der Waals surface area contributed by atoms with E-state index in [-0.39, 0.29) is 12.3 Å². The van der Waals surface area contributed by atoms with Crippen LogP contribution >= 0.6 is 0 Å². The van der Waals surface area contributed by atoms with E-state index in [0.717, 1.165) is 6.29 Å². The maximum atomic E-state index is 12.1. The van der Waals surface area contributed by atoms with Gasteiger partial charge in [0.15, 0.2) is 0 Å². The fourth-order valence-corrected chi connectivity index (χ4v) is 1.56. The lowest BCUT2D eigenvalue weighted by Crippen LogP contribution is -2.42. The smallest absolute Gasteiger partial charge is 0.268 e. The van der Waals surface area contributed by atoms with Crippen molar-refractivity contribution in [3.05, 3.63) is 35.4 Å². The molecule has 0 aliphatic rings. The number of hydrazine groups is 1. The quantitative estimate of drug-likeness (QED) is 0.341. The van der Waals surface area contributed by atoms with Gasteiger partial charge in [0.25, 0.3) is 5.91 Å². The third-order valence-corrected chi connectivity index (χ3v) is 2.60. The predicted octanol–water partition coefficient (Wildman–Crippen LogP) is 0.306. The number of rotatable bonds is 6. The summed E-state index contributed by atoms with van der Waals surface area (Å²) in [5.41, 5.74) is 1.20. The number of aldehydes is 1. The topological polar surface area (TPSA) is 66.6 Å². The molecule has 0 atom stereocenters. The van der Waals surface area contributed by atoms with Crippen LogP contribution in [-0.2, 0) is 11.2 Å². The molecule has 5 nitrogen and oxygen atoms in total. The van der Waals surface area contributed by atoms with Crippen LogP contribution in [0.2, 0.25) is 0 Å². The van der Waals surface area contributed by atoms with E-state index in [1.807, 2.05) is 19.0 Å². The fraction of sp³-hybridized carbons (Fsp3) is 0.385. The lowest BCUT2D eigenvalue weighted by atomic mass is 10.0. The van der Waals surface area contributed by atoms with Crippen molar-refractivity contribution in [1.29, 1.82) is 0 Å². The van der Waals surface area contributed by atoms with E-state index in [1.54, 1.807) is 24.3 Å². The number of benzene rings is 1. The maximum Gasteiger partial charge on any atom is 0.268 e. The minimum atomic E-state index is -0.255. The second-order valence-corrected chi connectivity index (χ2v) is 4.33. The molecule has 0 aliphatic carbocycles. The summed E-state index contributed by atoms with van der Waals surface area (Å²) < 4.78 is 0. The Morgan fingerprint density at radius 3 is 2.56 bits per heavy atom. The molecule has 5 heteroatoms. The third kappa shape index (κ3) is 3.94. The second-order valence-electron chi connectivity index (χ2n) is 4.33. The molecule has 1 aromatic carbocycles. The molecule has 2 N–H and O–H groups in total. The molecule has 18 heavy (non-hydrogen) atoms. The van der Waals surface area contributed by atoms with Crippen LogP contribution in [0.4, 0.5) is 0 Å². The molecule has 0 saturated heterocycles. The number of hydrogen-bond donors (Lipinski definition) is 1. The minimum absolute atomic E-state index is 0.226. The van der Waals surface area contributed by atoms with Crippen molar-refractivity contribution in [3.63, 3.8) is 0 Å². The molecule has 0 unspecified atom stereocenters. The zero-order valence-corrected chi connectivity index (χ0v) is 10.8. The van der Waals surface area contributed by atoms with E-state index in [2.05, 4.69) is 0 Å². The molecule has 0 aromatic heterocycles. The highest BCUT2D eigenvalue weighted by Crippen LogP contribution is 2.10. The molecule has 0 aliphatic heterocycles. The molecule has 0 spiro atoms. The van der Waals surface area contributed by atoms with Crippen LogP contribution in [0.1, 0.15) is 15.9 Å². The summed E-state index contributed by atoms with van der Waals surface area (Å²) in [6.45, 7) is 1.14. The first-order valence-corrected chi connectivity index (χ1v) is 5.79. The van der Waals surface area contributed by atoms with Gasteiger partial charge in [-0.1, -0.05) is 18.2 Å². The number of carbonyl (C=O) groups excluding carboxylic acids is 2. The van der Waals surface area contributed by atoms with Crippen LogP contribution < -0.4 is 5.84 Å². The van der Waals surface area contributed by atoms with Gasteiger partial charge in [0.05, 0.1) is 6.54 Å². The van der Waals surface area contributed by atoms with E-state index in [9.17, 15) is 9.59 Å². The fourth-order valence-electron chi connectivity index (χ4n) is 1.56. The van der Waals surface area contributed by atoms with Crippen LogP contribution in [0, 0.1) is 0 Å². The number of carbonyl (C=O) groups is 2. The lowest BCUT2D eigenvalue weighted by molar-refractivity contribution is -0.107. The van der Waals surface area contributed by atoms with Gasteiger partial charge < -0.3 is 9.69 Å². The van der Waals surface area contributed by atoms with Crippen LogP contribution in [0.15, 0.2) is 24.3 Å². The number of nitrogens with two attached hydrogens (primary N) is 1. The van der Waals surface area contributed by atoms with E-state index < -0.39 is 0 Å². The van der Waals surface area contributed by atoms with Gasteiger partial charge in [-0.15, -0.1) is 0 Å². The van der Waals surface area contributed by atoms with Crippen molar-refractivity contribution >= 4 is 12.2 Å². The van der Waals surface area contributed by atoms with E-state index >= 15 is 0 Å². The standard InChI is InChI=1S/C13H19N3O2/c1-15(2)8-9-16(14)13(18)12-6-4-3-5-11(12)7-10-17/h3-6,10H,7-9,14H2,1-2H3. The Kier molecular flexibility index (Phi) is 5.48. The third-order valence-electron chi connectivity index (χ3n) is 2.60. The molecule has 0 radical (unpaired) electrons. The summed E-state index contributed by atoms with van der Waals surface area (Å²) in [5.74, 6) is 5.48. The molecular weight excluding hydrogens is 230 g/mol. The zero-order valence-electron chi connectivity index (χ0n) is 10.8. The molecular formula is C13H19N3O2. The van der Waals surface area contributed by atoms with E-state index in [4.69, 9.17) is 5.84 Å². The Morgan fingerprint density at radius 2 is 1.94 bits per heavy atom. The van der Waals surface area contributed by atoms with Crippen LogP contribution in [0.25, 0.3) is 0 Å². The zero-order chi connectivity index (χ0) is 13.5. The monoisotopic (exact) mass is 249 g/mol. The maximum absolute atomic E-state index is 12.1. The van der Waals surface area contributed by atoms with Crippen molar-refractivity contribution in [2.75, 3.05) is 27.2 Å². The van der Waals surface area contributed by atoms with Gasteiger partial charge in [0.2, 0.25) is 0 Å². The molecule has 1 amide bonds. The van der Waals surface area contributed by atoms with E-state index in [1.165, 1.54) is 5.01 Å². The molecule has 98 valence electrons. The van der Waals surface area contributed by atoms with Crippen molar-refractivity contribution in [2.45, 2.75) is 6.42 Å². The SMILES string of the molecule is CN(C)CCN(N)C(=O)c1ccccc1CC=O. The summed E-state index contributed by atoms with van der Waals surface area (Å²) in [5, 5.41) is 1.18. The van der Waals surface area contributed by atoms with Gasteiger partial charge in [-0.25, -0.2) is 5.84 Å². The minimum Gasteiger partial charge on any atom is -0.308 e. The second kappa shape index (κ2) is 6.88. The van der Waals surface area contributed by atoms with Crippen LogP contribution in [-0.4, -0.2) is 49.3 Å². The number of likely N-dealkylation sites (N-methyl/N-ethyl adjacent to an activating group) is 1. The van der Waals surface area contributed by atoms with Gasteiger partial charge in [-0.05, 0) is 25.7 Å². The number of amides is 1.